The molecule has 10 nitrogen and oxygen atoms in total. The van der Waals surface area contributed by atoms with Crippen molar-refractivity contribution in [2.24, 2.45) is 0 Å². The highest BCUT2D eigenvalue weighted by Crippen LogP contribution is 2.32. The largest absolute Gasteiger partial charge is 0.486 e. The number of fused-ring (bicyclic) bond motifs is 2. The van der Waals surface area contributed by atoms with E-state index in [1.807, 2.05) is 18.2 Å². The second-order valence-electron chi connectivity index (χ2n) is 8.65. The van der Waals surface area contributed by atoms with Gasteiger partial charge in [-0.2, -0.15) is 9.97 Å². The van der Waals surface area contributed by atoms with E-state index in [1.165, 1.54) is 0 Å². The molecular formula is C23H27ClN8O2. The first-order chi connectivity index (χ1) is 16.7. The number of piperazine rings is 1. The van der Waals surface area contributed by atoms with Crippen LogP contribution < -0.4 is 29.9 Å². The lowest BCUT2D eigenvalue weighted by atomic mass is 10.2. The van der Waals surface area contributed by atoms with Crippen molar-refractivity contribution in [2.75, 3.05) is 67.6 Å². The summed E-state index contributed by atoms with van der Waals surface area (Å²) < 4.78 is 11.3. The van der Waals surface area contributed by atoms with Gasteiger partial charge in [0.2, 0.25) is 5.95 Å². The summed E-state index contributed by atoms with van der Waals surface area (Å²) in [7, 11) is 0. The molecule has 5 heterocycles. The maximum absolute atomic E-state index is 6.58. The number of benzene rings is 1. The van der Waals surface area contributed by atoms with Crippen LogP contribution in [0.3, 0.4) is 0 Å². The van der Waals surface area contributed by atoms with Crippen LogP contribution in [0.1, 0.15) is 18.4 Å². The molecule has 2 aromatic heterocycles. The normalized spacial score (nSPS) is 17.9. The molecule has 2 saturated heterocycles. The summed E-state index contributed by atoms with van der Waals surface area (Å²) >= 11 is 6.58. The third kappa shape index (κ3) is 4.23. The van der Waals surface area contributed by atoms with Gasteiger partial charge in [-0.15, -0.1) is 0 Å². The Balaban J connectivity index is 1.32. The van der Waals surface area contributed by atoms with E-state index in [-0.39, 0.29) is 0 Å². The monoisotopic (exact) mass is 482 g/mol. The molecule has 0 radical (unpaired) electrons. The molecule has 2 fully saturated rings. The van der Waals surface area contributed by atoms with Crippen molar-refractivity contribution in [1.29, 1.82) is 0 Å². The molecule has 11 heteroatoms. The molecule has 0 aliphatic carbocycles. The second kappa shape index (κ2) is 9.27. The summed E-state index contributed by atoms with van der Waals surface area (Å²) in [6.07, 6.45) is 2.29. The maximum Gasteiger partial charge on any atom is 0.229 e. The average molecular weight is 483 g/mol. The average Bonchev–Trinajstić information content (AvgIpc) is 3.42. The third-order valence-electron chi connectivity index (χ3n) is 6.33. The van der Waals surface area contributed by atoms with Gasteiger partial charge in [0, 0.05) is 45.8 Å². The van der Waals surface area contributed by atoms with E-state index < -0.39 is 0 Å². The Bertz CT molecular complexity index is 1200. The van der Waals surface area contributed by atoms with Crippen LogP contribution in [0.25, 0.3) is 11.2 Å². The van der Waals surface area contributed by atoms with Gasteiger partial charge < -0.3 is 29.9 Å². The highest BCUT2D eigenvalue weighted by atomic mass is 35.5. The number of nitrogens with one attached hydrogen (secondary N) is 2. The van der Waals surface area contributed by atoms with Crippen LogP contribution in [0.5, 0.6) is 11.5 Å². The molecule has 3 aliphatic heterocycles. The standard InChI is InChI=1S/C23H27ClN8O2/c24-19-21(26-14-15-3-4-16-17(13-15)34-12-11-33-16)28-20-18(27-19)22(31-7-1-2-8-31)30-23(29-20)32-9-5-25-6-10-32/h3-4,13,25H,1-2,5-12,14H2,(H,26,28,29,30). The number of nitrogens with zero attached hydrogens (tertiary/aromatic N) is 6. The van der Waals surface area contributed by atoms with E-state index in [0.29, 0.717) is 47.8 Å². The summed E-state index contributed by atoms with van der Waals surface area (Å²) in [5.41, 5.74) is 2.24. The van der Waals surface area contributed by atoms with Crippen molar-refractivity contribution in [3.8, 4) is 11.5 Å². The fraction of sp³-hybridized carbons (Fsp3) is 0.478. The maximum atomic E-state index is 6.58. The lowest BCUT2D eigenvalue weighted by molar-refractivity contribution is 0.171. The zero-order valence-electron chi connectivity index (χ0n) is 18.9. The predicted octanol–water partition coefficient (Wildman–Crippen LogP) is 2.47. The minimum absolute atomic E-state index is 0.309. The van der Waals surface area contributed by atoms with Crippen LogP contribution in [0, 0.1) is 0 Å². The van der Waals surface area contributed by atoms with E-state index in [9.17, 15) is 0 Å². The lowest BCUT2D eigenvalue weighted by Gasteiger charge is -2.28. The minimum atomic E-state index is 0.309. The van der Waals surface area contributed by atoms with Gasteiger partial charge in [0.15, 0.2) is 39.5 Å². The van der Waals surface area contributed by atoms with Crippen LogP contribution in [0.2, 0.25) is 5.15 Å². The van der Waals surface area contributed by atoms with Crippen LogP contribution in [0.15, 0.2) is 18.2 Å². The van der Waals surface area contributed by atoms with E-state index in [2.05, 4.69) is 25.4 Å². The Morgan fingerprint density at radius 1 is 0.912 bits per heavy atom. The summed E-state index contributed by atoms with van der Waals surface area (Å²) in [6.45, 7) is 7.11. The quantitative estimate of drug-likeness (QED) is 0.564. The smallest absolute Gasteiger partial charge is 0.229 e. The summed E-state index contributed by atoms with van der Waals surface area (Å²) in [5, 5.41) is 7.01. The van der Waals surface area contributed by atoms with Gasteiger partial charge in [0.05, 0.1) is 0 Å². The van der Waals surface area contributed by atoms with Gasteiger partial charge in [-0.25, -0.2) is 9.97 Å². The zero-order chi connectivity index (χ0) is 22.9. The molecule has 0 bridgehead atoms. The molecule has 2 N–H and O–H groups in total. The number of hydrogen-bond donors (Lipinski definition) is 2. The van der Waals surface area contributed by atoms with Gasteiger partial charge in [0.1, 0.15) is 13.2 Å². The van der Waals surface area contributed by atoms with Crippen molar-refractivity contribution in [1.82, 2.24) is 25.3 Å². The fourth-order valence-electron chi connectivity index (χ4n) is 4.55. The minimum Gasteiger partial charge on any atom is -0.486 e. The van der Waals surface area contributed by atoms with Crippen LogP contribution in [0.4, 0.5) is 17.6 Å². The molecule has 0 unspecified atom stereocenters. The summed E-state index contributed by atoms with van der Waals surface area (Å²) in [6, 6.07) is 5.90. The second-order valence-corrected chi connectivity index (χ2v) is 9.00. The van der Waals surface area contributed by atoms with E-state index in [4.69, 9.17) is 36.0 Å². The molecule has 6 rings (SSSR count). The van der Waals surface area contributed by atoms with Gasteiger partial charge in [-0.3, -0.25) is 0 Å². The number of ether oxygens (including phenoxy) is 2. The molecule has 34 heavy (non-hydrogen) atoms. The Morgan fingerprint density at radius 2 is 1.71 bits per heavy atom. The first-order valence-electron chi connectivity index (χ1n) is 11.8. The fourth-order valence-corrected chi connectivity index (χ4v) is 4.75. The van der Waals surface area contributed by atoms with E-state index in [0.717, 1.165) is 75.0 Å². The van der Waals surface area contributed by atoms with Crippen LogP contribution in [-0.2, 0) is 6.54 Å². The zero-order valence-corrected chi connectivity index (χ0v) is 19.6. The van der Waals surface area contributed by atoms with Crippen molar-refractivity contribution in [3.63, 3.8) is 0 Å². The Morgan fingerprint density at radius 3 is 2.53 bits per heavy atom. The molecular weight excluding hydrogens is 456 g/mol. The van der Waals surface area contributed by atoms with Crippen molar-refractivity contribution < 1.29 is 9.47 Å². The highest BCUT2D eigenvalue weighted by molar-refractivity contribution is 6.32. The molecule has 0 saturated carbocycles. The van der Waals surface area contributed by atoms with Gasteiger partial charge in [0.25, 0.3) is 0 Å². The SMILES string of the molecule is Clc1nc2c(N3CCCC3)nc(N3CCNCC3)nc2nc1NCc1ccc2c(c1)OCCO2. The summed E-state index contributed by atoms with van der Waals surface area (Å²) in [5.74, 6) is 3.55. The predicted molar refractivity (Wildman–Crippen MR) is 131 cm³/mol. The number of hydrogen-bond acceptors (Lipinski definition) is 10. The Hall–Kier alpha value is -3.11. The molecule has 0 spiro atoms. The van der Waals surface area contributed by atoms with Crippen LogP contribution >= 0.6 is 11.6 Å². The molecule has 1 aromatic carbocycles. The Kier molecular flexibility index (Phi) is 5.84. The van der Waals surface area contributed by atoms with Crippen molar-refractivity contribution >= 4 is 40.3 Å². The Labute approximate surface area is 202 Å². The highest BCUT2D eigenvalue weighted by Gasteiger charge is 2.24. The number of aromatic nitrogens is 4. The summed E-state index contributed by atoms with van der Waals surface area (Å²) in [4.78, 5) is 23.7. The number of rotatable bonds is 5. The topological polar surface area (TPSA) is 101 Å². The molecule has 3 aromatic rings. The van der Waals surface area contributed by atoms with E-state index in [1.54, 1.807) is 0 Å². The lowest BCUT2D eigenvalue weighted by Crippen LogP contribution is -2.44. The molecule has 0 atom stereocenters. The van der Waals surface area contributed by atoms with Crippen LogP contribution in [-0.4, -0.2) is 72.4 Å². The van der Waals surface area contributed by atoms with Crippen molar-refractivity contribution in [3.05, 3.63) is 28.9 Å². The number of halogens is 1. The van der Waals surface area contributed by atoms with Crippen molar-refractivity contribution in [2.45, 2.75) is 19.4 Å². The van der Waals surface area contributed by atoms with Gasteiger partial charge in [-0.1, -0.05) is 17.7 Å². The first kappa shape index (κ1) is 21.4. The first-order valence-corrected chi connectivity index (χ1v) is 12.2. The molecule has 0 amide bonds. The third-order valence-corrected chi connectivity index (χ3v) is 6.59. The number of anilines is 3. The molecule has 3 aliphatic rings. The van der Waals surface area contributed by atoms with E-state index >= 15 is 0 Å². The van der Waals surface area contributed by atoms with Gasteiger partial charge in [-0.05, 0) is 30.5 Å². The van der Waals surface area contributed by atoms with Gasteiger partial charge >= 0.3 is 0 Å². The molecule has 178 valence electrons.